The van der Waals surface area contributed by atoms with E-state index >= 15 is 0 Å². The van der Waals surface area contributed by atoms with Crippen LogP contribution in [0.4, 0.5) is 0 Å². The fourth-order valence-corrected chi connectivity index (χ4v) is 1.04. The summed E-state index contributed by atoms with van der Waals surface area (Å²) in [6.07, 6.45) is 1.07. The van der Waals surface area contributed by atoms with E-state index in [2.05, 4.69) is 0 Å². The summed E-state index contributed by atoms with van der Waals surface area (Å²) in [5, 5.41) is 17.7. The highest BCUT2D eigenvalue weighted by molar-refractivity contribution is 4.89. The van der Waals surface area contributed by atoms with Crippen molar-refractivity contribution in [3.63, 3.8) is 0 Å². The van der Waals surface area contributed by atoms with Gasteiger partial charge in [-0.1, -0.05) is 0 Å². The number of ether oxygens (including phenoxy) is 1. The molecule has 2 unspecified atom stereocenters. The van der Waals surface area contributed by atoms with E-state index in [4.69, 9.17) is 10.00 Å². The van der Waals surface area contributed by atoms with Crippen molar-refractivity contribution in [3.8, 4) is 6.07 Å². The van der Waals surface area contributed by atoms with Gasteiger partial charge in [-0.3, -0.25) is 0 Å². The van der Waals surface area contributed by atoms with Crippen molar-refractivity contribution in [1.29, 1.82) is 5.26 Å². The predicted octanol–water partition coefficient (Wildman–Crippen LogP) is 0.297. The van der Waals surface area contributed by atoms with Crippen molar-refractivity contribution in [2.45, 2.75) is 18.9 Å². The number of aliphatic hydroxyl groups excluding tert-OH is 1. The van der Waals surface area contributed by atoms with Crippen LogP contribution in [0.5, 0.6) is 0 Å². The fraction of sp³-hybridized carbons (Fsp3) is 0.857. The molecule has 0 aromatic carbocycles. The van der Waals surface area contributed by atoms with Crippen LogP contribution in [-0.4, -0.2) is 24.4 Å². The largest absolute Gasteiger partial charge is 0.392 e. The van der Waals surface area contributed by atoms with E-state index < -0.39 is 6.10 Å². The minimum atomic E-state index is -0.479. The van der Waals surface area contributed by atoms with Gasteiger partial charge < -0.3 is 9.84 Å². The smallest absolute Gasteiger partial charge is 0.0955 e. The van der Waals surface area contributed by atoms with Crippen LogP contribution in [-0.2, 0) is 4.74 Å². The van der Waals surface area contributed by atoms with Gasteiger partial charge in [0.15, 0.2) is 0 Å². The number of nitrogens with zero attached hydrogens (tertiary/aromatic N) is 1. The number of nitriles is 1. The molecule has 0 saturated carbocycles. The molecular formula is C7H11NO2. The molecule has 1 saturated heterocycles. The summed E-state index contributed by atoms with van der Waals surface area (Å²) in [4.78, 5) is 0. The quantitative estimate of drug-likeness (QED) is 0.527. The zero-order chi connectivity index (χ0) is 7.40. The molecule has 0 bridgehead atoms. The maximum absolute atomic E-state index is 9.25. The van der Waals surface area contributed by atoms with Gasteiger partial charge in [-0.05, 0) is 12.8 Å². The topological polar surface area (TPSA) is 53.2 Å². The van der Waals surface area contributed by atoms with Crippen molar-refractivity contribution in [3.05, 3.63) is 0 Å². The summed E-state index contributed by atoms with van der Waals surface area (Å²) >= 11 is 0. The van der Waals surface area contributed by atoms with Crippen molar-refractivity contribution in [2.75, 3.05) is 13.2 Å². The van der Waals surface area contributed by atoms with Crippen molar-refractivity contribution < 1.29 is 9.84 Å². The normalized spacial score (nSPS) is 34.4. The summed E-state index contributed by atoms with van der Waals surface area (Å²) < 4.78 is 5.09. The zero-order valence-corrected chi connectivity index (χ0v) is 5.79. The Kier molecular flexibility index (Phi) is 2.67. The minimum Gasteiger partial charge on any atom is -0.392 e. The van der Waals surface area contributed by atoms with Gasteiger partial charge in [0.1, 0.15) is 0 Å². The third-order valence-electron chi connectivity index (χ3n) is 1.72. The molecule has 0 radical (unpaired) electrons. The van der Waals surface area contributed by atoms with Gasteiger partial charge in [-0.25, -0.2) is 0 Å². The van der Waals surface area contributed by atoms with E-state index in [0.717, 1.165) is 6.42 Å². The van der Waals surface area contributed by atoms with Crippen LogP contribution in [0.3, 0.4) is 0 Å². The average Bonchev–Trinajstić information content (AvgIpc) is 2.13. The van der Waals surface area contributed by atoms with Crippen LogP contribution in [0, 0.1) is 17.2 Å². The Balaban J connectivity index is 2.45. The molecule has 3 heteroatoms. The molecule has 0 spiro atoms. The molecule has 1 heterocycles. The van der Waals surface area contributed by atoms with Crippen molar-refractivity contribution in [1.82, 2.24) is 0 Å². The summed E-state index contributed by atoms with van der Waals surface area (Å²) in [6.45, 7) is 1.06. The third kappa shape index (κ3) is 1.69. The van der Waals surface area contributed by atoms with Gasteiger partial charge in [0.25, 0.3) is 0 Å². The molecule has 56 valence electrons. The summed E-state index contributed by atoms with van der Waals surface area (Å²) in [5.41, 5.74) is 0. The number of hydrogen-bond donors (Lipinski definition) is 1. The van der Waals surface area contributed by atoms with Gasteiger partial charge in [0.2, 0.25) is 0 Å². The molecular weight excluding hydrogens is 130 g/mol. The fourth-order valence-electron chi connectivity index (χ4n) is 1.04. The summed E-state index contributed by atoms with van der Waals surface area (Å²) in [6, 6.07) is 2.02. The Hall–Kier alpha value is -0.590. The first-order valence-electron chi connectivity index (χ1n) is 3.50. The molecule has 1 N–H and O–H groups in total. The molecule has 3 nitrogen and oxygen atoms in total. The Morgan fingerprint density at radius 1 is 1.60 bits per heavy atom. The van der Waals surface area contributed by atoms with Gasteiger partial charge >= 0.3 is 0 Å². The standard InChI is InChI=1S/C7H11NO2/c8-4-6-5-10-3-1-2-7(6)9/h6-7,9H,1-3,5H2. The number of aliphatic hydroxyl groups is 1. The highest BCUT2D eigenvalue weighted by Crippen LogP contribution is 2.13. The summed E-state index contributed by atoms with van der Waals surface area (Å²) in [7, 11) is 0. The second kappa shape index (κ2) is 3.55. The molecule has 10 heavy (non-hydrogen) atoms. The van der Waals surface area contributed by atoms with E-state index in [-0.39, 0.29) is 5.92 Å². The lowest BCUT2D eigenvalue weighted by Crippen LogP contribution is -2.20. The van der Waals surface area contributed by atoms with Crippen LogP contribution in [0.25, 0.3) is 0 Å². The molecule has 2 atom stereocenters. The molecule has 0 aliphatic carbocycles. The SMILES string of the molecule is N#CC1COCCCC1O. The van der Waals surface area contributed by atoms with Crippen LogP contribution in [0.2, 0.25) is 0 Å². The van der Waals surface area contributed by atoms with Crippen LogP contribution in [0.15, 0.2) is 0 Å². The monoisotopic (exact) mass is 141 g/mol. The molecule has 0 amide bonds. The predicted molar refractivity (Wildman–Crippen MR) is 35.2 cm³/mol. The van der Waals surface area contributed by atoms with Crippen molar-refractivity contribution >= 4 is 0 Å². The Morgan fingerprint density at radius 2 is 2.40 bits per heavy atom. The van der Waals surface area contributed by atoms with E-state index in [0.29, 0.717) is 19.6 Å². The van der Waals surface area contributed by atoms with Gasteiger partial charge in [0.05, 0.1) is 24.7 Å². The lowest BCUT2D eigenvalue weighted by Gasteiger charge is -2.09. The lowest BCUT2D eigenvalue weighted by molar-refractivity contribution is 0.0845. The highest BCUT2D eigenvalue weighted by Gasteiger charge is 2.20. The van der Waals surface area contributed by atoms with E-state index in [1.54, 1.807) is 0 Å². The van der Waals surface area contributed by atoms with Gasteiger partial charge in [-0.15, -0.1) is 0 Å². The maximum Gasteiger partial charge on any atom is 0.0955 e. The summed E-state index contributed by atoms with van der Waals surface area (Å²) in [5.74, 6) is -0.317. The Labute approximate surface area is 60.2 Å². The van der Waals surface area contributed by atoms with Crippen LogP contribution >= 0.6 is 0 Å². The first kappa shape index (κ1) is 7.52. The second-order valence-corrected chi connectivity index (χ2v) is 2.52. The molecule has 1 fully saturated rings. The molecule has 1 aliphatic heterocycles. The third-order valence-corrected chi connectivity index (χ3v) is 1.72. The molecule has 0 aromatic heterocycles. The van der Waals surface area contributed by atoms with Crippen LogP contribution in [0.1, 0.15) is 12.8 Å². The van der Waals surface area contributed by atoms with Crippen LogP contribution < -0.4 is 0 Å². The second-order valence-electron chi connectivity index (χ2n) is 2.52. The first-order valence-corrected chi connectivity index (χ1v) is 3.50. The highest BCUT2D eigenvalue weighted by atomic mass is 16.5. The molecule has 1 aliphatic rings. The van der Waals surface area contributed by atoms with E-state index in [1.807, 2.05) is 6.07 Å². The number of rotatable bonds is 0. The lowest BCUT2D eigenvalue weighted by atomic mass is 10.0. The average molecular weight is 141 g/mol. The Bertz CT molecular complexity index is 141. The number of hydrogen-bond acceptors (Lipinski definition) is 3. The molecule has 0 aromatic rings. The maximum atomic E-state index is 9.25. The minimum absolute atomic E-state index is 0.317. The first-order chi connectivity index (χ1) is 4.84. The van der Waals surface area contributed by atoms with E-state index in [1.165, 1.54) is 0 Å². The molecule has 1 rings (SSSR count). The Morgan fingerprint density at radius 3 is 3.10 bits per heavy atom. The van der Waals surface area contributed by atoms with Gasteiger partial charge in [-0.2, -0.15) is 5.26 Å². The van der Waals surface area contributed by atoms with Gasteiger partial charge in [0, 0.05) is 6.61 Å². The zero-order valence-electron chi connectivity index (χ0n) is 5.79. The van der Waals surface area contributed by atoms with E-state index in [9.17, 15) is 5.11 Å². The van der Waals surface area contributed by atoms with Crippen molar-refractivity contribution in [2.24, 2.45) is 5.92 Å².